The average molecular weight is 538 g/mol. The summed E-state index contributed by atoms with van der Waals surface area (Å²) in [6.07, 6.45) is 4.96. The molecule has 2 aliphatic heterocycles. The summed E-state index contributed by atoms with van der Waals surface area (Å²) < 4.78 is 0. The summed E-state index contributed by atoms with van der Waals surface area (Å²) in [4.78, 5) is 51.9. The Morgan fingerprint density at radius 3 is 2.70 bits per heavy atom. The number of piperazine rings is 1. The Labute approximate surface area is 230 Å². The maximum Gasteiger partial charge on any atom is 0.228 e. The zero-order valence-electron chi connectivity index (χ0n) is 22.4. The minimum absolute atomic E-state index is 0.0401. The fourth-order valence-electron chi connectivity index (χ4n) is 5.13. The van der Waals surface area contributed by atoms with Gasteiger partial charge in [0, 0.05) is 66.9 Å². The van der Waals surface area contributed by atoms with Crippen molar-refractivity contribution in [3.05, 3.63) is 70.1 Å². The molecule has 0 spiro atoms. The Morgan fingerprint density at radius 1 is 1.23 bits per heavy atom. The first-order valence-electron chi connectivity index (χ1n) is 12.8. The van der Waals surface area contributed by atoms with E-state index in [0.717, 1.165) is 0 Å². The number of aromatic nitrogens is 4. The molecule has 0 bridgehead atoms. The highest BCUT2D eigenvalue weighted by Gasteiger charge is 2.45. The van der Waals surface area contributed by atoms with Crippen molar-refractivity contribution in [1.29, 1.82) is 5.26 Å². The molecule has 0 radical (unpaired) electrons. The highest BCUT2D eigenvalue weighted by molar-refractivity contribution is 6.12. The van der Waals surface area contributed by atoms with Crippen molar-refractivity contribution in [2.24, 2.45) is 5.11 Å². The third-order valence-corrected chi connectivity index (χ3v) is 7.37. The lowest BCUT2D eigenvalue weighted by Crippen LogP contribution is -2.55. The Hall–Kier alpha value is -5.08. The van der Waals surface area contributed by atoms with Crippen LogP contribution in [0.4, 0.5) is 11.8 Å². The molecule has 13 heteroatoms. The normalized spacial score (nSPS) is 17.7. The smallest absolute Gasteiger partial charge is 0.228 e. The van der Waals surface area contributed by atoms with Crippen LogP contribution in [0.15, 0.2) is 48.0 Å². The van der Waals surface area contributed by atoms with E-state index in [-0.39, 0.29) is 24.3 Å². The number of nitriles is 1. The molecule has 0 saturated carbocycles. The van der Waals surface area contributed by atoms with Gasteiger partial charge in [-0.15, -0.1) is 0 Å². The second-order valence-electron chi connectivity index (χ2n) is 10.2. The Morgan fingerprint density at radius 2 is 2.00 bits per heavy atom. The highest BCUT2D eigenvalue weighted by Crippen LogP contribution is 2.39. The number of ketones is 1. The van der Waals surface area contributed by atoms with Gasteiger partial charge in [-0.05, 0) is 44.5 Å². The molecule has 0 aliphatic carbocycles. The van der Waals surface area contributed by atoms with Gasteiger partial charge in [-0.1, -0.05) is 11.2 Å². The molecule has 40 heavy (non-hydrogen) atoms. The average Bonchev–Trinajstić information content (AvgIpc) is 3.16. The lowest BCUT2D eigenvalue weighted by Gasteiger charge is -2.39. The zero-order valence-corrected chi connectivity index (χ0v) is 22.4. The first-order valence-corrected chi connectivity index (χ1v) is 12.8. The molecule has 0 aromatic carbocycles. The number of carbonyl (C=O) groups excluding carboxylic acids is 2. The van der Waals surface area contributed by atoms with Crippen LogP contribution in [0, 0.1) is 11.3 Å². The molecular formula is C27H27N11O2. The van der Waals surface area contributed by atoms with Crippen molar-refractivity contribution < 1.29 is 9.59 Å². The number of anilines is 2. The second kappa shape index (κ2) is 10.6. The van der Waals surface area contributed by atoms with Crippen molar-refractivity contribution >= 4 is 23.5 Å². The van der Waals surface area contributed by atoms with E-state index in [0.29, 0.717) is 66.0 Å². The third kappa shape index (κ3) is 4.76. The summed E-state index contributed by atoms with van der Waals surface area (Å²) in [6.45, 7) is 7.32. The molecule has 1 saturated heterocycles. The zero-order chi connectivity index (χ0) is 28.4. The van der Waals surface area contributed by atoms with Crippen LogP contribution in [-0.2, 0) is 11.3 Å². The van der Waals surface area contributed by atoms with E-state index in [1.165, 1.54) is 0 Å². The number of nitrogens with zero attached hydrogens (tertiary/aromatic N) is 11. The van der Waals surface area contributed by atoms with E-state index in [1.807, 2.05) is 36.6 Å². The Balaban J connectivity index is 1.36. The maximum atomic E-state index is 13.2. The highest BCUT2D eigenvalue weighted by atomic mass is 16.2. The minimum atomic E-state index is -0.849. The number of rotatable bonds is 6. The van der Waals surface area contributed by atoms with Gasteiger partial charge in [0.1, 0.15) is 24.1 Å². The fraction of sp³-hybridized carbons (Fsp3) is 0.370. The summed E-state index contributed by atoms with van der Waals surface area (Å²) in [5, 5.41) is 12.9. The van der Waals surface area contributed by atoms with E-state index < -0.39 is 5.54 Å². The van der Waals surface area contributed by atoms with Crippen molar-refractivity contribution in [1.82, 2.24) is 24.8 Å². The number of azide groups is 1. The monoisotopic (exact) mass is 537 g/mol. The van der Waals surface area contributed by atoms with E-state index in [4.69, 9.17) is 10.5 Å². The fourth-order valence-corrected chi connectivity index (χ4v) is 5.13. The van der Waals surface area contributed by atoms with Crippen LogP contribution in [0.3, 0.4) is 0 Å². The lowest BCUT2D eigenvalue weighted by molar-refractivity contribution is -0.132. The second-order valence-corrected chi connectivity index (χ2v) is 10.2. The standard InChI is InChI=1S/C27H27N11O2/c1-17-15-36(9-10-37(17)23(39)14-33-35-29)26-31-12-19(13-32-26)21-7-6-20-24(40)27(2,3)38(25(20)34-21)16-18-5-4-8-30-22(18)11-28/h4-8,12-13,17H,9-10,14-16H2,1-3H3/t17-/m1/s1. The lowest BCUT2D eigenvalue weighted by atomic mass is 9.97. The predicted molar refractivity (Wildman–Crippen MR) is 146 cm³/mol. The largest absolute Gasteiger partial charge is 0.339 e. The van der Waals surface area contributed by atoms with Crippen molar-refractivity contribution in [3.63, 3.8) is 0 Å². The van der Waals surface area contributed by atoms with Gasteiger partial charge in [0.05, 0.1) is 16.8 Å². The molecule has 5 heterocycles. The van der Waals surface area contributed by atoms with Crippen LogP contribution in [-0.4, -0.2) is 74.3 Å². The summed E-state index contributed by atoms with van der Waals surface area (Å²) in [6, 6.07) is 9.19. The van der Waals surface area contributed by atoms with Gasteiger partial charge in [0.2, 0.25) is 11.9 Å². The summed E-state index contributed by atoms with van der Waals surface area (Å²) in [7, 11) is 0. The molecule has 0 N–H and O–H groups in total. The van der Waals surface area contributed by atoms with Gasteiger partial charge < -0.3 is 14.7 Å². The van der Waals surface area contributed by atoms with E-state index >= 15 is 0 Å². The SMILES string of the molecule is C[C@@H]1CN(c2ncc(-c3ccc4c(n3)N(Cc3cccnc3C#N)C(C)(C)C4=O)cn2)CCN1C(=O)CN=[N+]=[N-]. The van der Waals surface area contributed by atoms with Crippen LogP contribution < -0.4 is 9.80 Å². The topological polar surface area (TPSA) is 168 Å². The number of Topliss-reactive ketones (excluding diaryl/α,β-unsaturated/α-hetero) is 1. The van der Waals surface area contributed by atoms with E-state index in [9.17, 15) is 14.9 Å². The molecule has 1 atom stereocenters. The number of pyridine rings is 2. The van der Waals surface area contributed by atoms with Gasteiger partial charge in [0.25, 0.3) is 0 Å². The van der Waals surface area contributed by atoms with Gasteiger partial charge in [-0.25, -0.2) is 19.9 Å². The van der Waals surface area contributed by atoms with Gasteiger partial charge in [-0.3, -0.25) is 9.59 Å². The number of hydrogen-bond acceptors (Lipinski definition) is 10. The summed E-state index contributed by atoms with van der Waals surface area (Å²) in [5.74, 6) is 0.839. The predicted octanol–water partition coefficient (Wildman–Crippen LogP) is 3.13. The Bertz CT molecular complexity index is 1560. The first-order chi connectivity index (χ1) is 19.2. The van der Waals surface area contributed by atoms with Crippen molar-refractivity contribution in [2.45, 2.75) is 38.9 Å². The van der Waals surface area contributed by atoms with Crippen molar-refractivity contribution in [3.8, 4) is 17.3 Å². The molecule has 13 nitrogen and oxygen atoms in total. The first kappa shape index (κ1) is 26.5. The molecule has 3 aromatic rings. The molecule has 0 unspecified atom stereocenters. The van der Waals surface area contributed by atoms with Crippen LogP contribution in [0.5, 0.6) is 0 Å². The Kier molecular flexibility index (Phi) is 7.02. The van der Waals surface area contributed by atoms with Crippen LogP contribution in [0.2, 0.25) is 0 Å². The van der Waals surface area contributed by atoms with Crippen LogP contribution >= 0.6 is 0 Å². The minimum Gasteiger partial charge on any atom is -0.339 e. The van der Waals surface area contributed by atoms with E-state index in [2.05, 4.69) is 31.0 Å². The maximum absolute atomic E-state index is 13.2. The van der Waals surface area contributed by atoms with Gasteiger partial charge >= 0.3 is 0 Å². The molecule has 1 amide bonds. The molecule has 1 fully saturated rings. The van der Waals surface area contributed by atoms with Crippen LogP contribution in [0.1, 0.15) is 42.4 Å². The van der Waals surface area contributed by atoms with Gasteiger partial charge in [-0.2, -0.15) is 5.26 Å². The molecule has 3 aromatic heterocycles. The van der Waals surface area contributed by atoms with Crippen molar-refractivity contribution in [2.75, 3.05) is 36.0 Å². The van der Waals surface area contributed by atoms with Crippen LogP contribution in [0.25, 0.3) is 21.7 Å². The summed E-state index contributed by atoms with van der Waals surface area (Å²) in [5.41, 5.74) is 10.5. The number of hydrogen-bond donors (Lipinski definition) is 0. The number of fused-ring (bicyclic) bond motifs is 1. The quantitative estimate of drug-likeness (QED) is 0.260. The number of carbonyl (C=O) groups is 2. The number of amides is 1. The third-order valence-electron chi connectivity index (χ3n) is 7.37. The molecule has 5 rings (SSSR count). The molecule has 2 aliphatic rings. The summed E-state index contributed by atoms with van der Waals surface area (Å²) >= 11 is 0. The van der Waals surface area contributed by atoms with E-state index in [1.54, 1.807) is 41.7 Å². The van der Waals surface area contributed by atoms with Gasteiger partial charge in [0.15, 0.2) is 5.78 Å². The molecule has 202 valence electrons. The molecular weight excluding hydrogens is 510 g/mol.